The first-order valence-electron chi connectivity index (χ1n) is 2.81. The predicted molar refractivity (Wildman–Crippen MR) is 42.1 cm³/mol. The van der Waals surface area contributed by atoms with Gasteiger partial charge in [-0.2, -0.15) is 26.3 Å². The first kappa shape index (κ1) is 16.1. The largest absolute Gasteiger partial charge is 0.410 e. The Hall–Kier alpha value is -0.360. The summed E-state index contributed by atoms with van der Waals surface area (Å²) in [4.78, 5) is 0. The van der Waals surface area contributed by atoms with Crippen LogP contribution >= 0.6 is 23.2 Å². The van der Waals surface area contributed by atoms with Crippen molar-refractivity contribution >= 4 is 23.2 Å². The molecule has 0 heterocycles. The van der Waals surface area contributed by atoms with E-state index < -0.39 is 12.4 Å². The van der Waals surface area contributed by atoms with Crippen molar-refractivity contribution in [2.45, 2.75) is 12.4 Å². The Morgan fingerprint density at radius 3 is 0.857 bits per heavy atom. The van der Waals surface area contributed by atoms with Crippen LogP contribution in [0.1, 0.15) is 0 Å². The standard InChI is InChI=1S/2C3H2ClF3/c2*4-2-1-3(5,6)7/h2*1-2H/b2*2-1-. The number of alkyl halides is 6. The average molecular weight is 261 g/mol. The molecule has 0 saturated heterocycles. The van der Waals surface area contributed by atoms with E-state index in [0.29, 0.717) is 11.1 Å². The number of halogens is 8. The molecule has 0 nitrogen and oxygen atoms in total. The third-order valence-corrected chi connectivity index (χ3v) is 0.756. The molecule has 0 aromatic heterocycles. The third-order valence-electron chi connectivity index (χ3n) is 0.504. The van der Waals surface area contributed by atoms with Gasteiger partial charge in [0.2, 0.25) is 0 Å². The van der Waals surface area contributed by atoms with Crippen molar-refractivity contribution in [3.63, 3.8) is 0 Å². The SMILES string of the molecule is FC(F)(F)/C=C\Cl.FC(F)(F)/C=C\Cl. The summed E-state index contributed by atoms with van der Waals surface area (Å²) < 4.78 is 65.3. The Morgan fingerprint density at radius 1 is 0.643 bits per heavy atom. The minimum Gasteiger partial charge on any atom is -0.167 e. The monoisotopic (exact) mass is 260 g/mol. The molecule has 0 spiro atoms. The Bertz CT molecular complexity index is 167. The summed E-state index contributed by atoms with van der Waals surface area (Å²) in [5, 5.41) is 0. The lowest BCUT2D eigenvalue weighted by Crippen LogP contribution is -1.99. The van der Waals surface area contributed by atoms with Crippen LogP contribution in [-0.4, -0.2) is 12.4 Å². The van der Waals surface area contributed by atoms with E-state index in [1.807, 2.05) is 0 Å². The van der Waals surface area contributed by atoms with Crippen LogP contribution in [0.25, 0.3) is 0 Å². The molecule has 0 rings (SSSR count). The van der Waals surface area contributed by atoms with Gasteiger partial charge in [-0.25, -0.2) is 0 Å². The second-order valence-corrected chi connectivity index (χ2v) is 2.17. The van der Waals surface area contributed by atoms with Gasteiger partial charge in [0.25, 0.3) is 0 Å². The molecule has 0 amide bonds. The molecule has 8 heteroatoms. The maximum atomic E-state index is 10.9. The minimum atomic E-state index is -4.26. The summed E-state index contributed by atoms with van der Waals surface area (Å²) in [5.41, 5.74) is 0.861. The van der Waals surface area contributed by atoms with Crippen molar-refractivity contribution < 1.29 is 26.3 Å². The van der Waals surface area contributed by atoms with Gasteiger partial charge in [0.15, 0.2) is 0 Å². The maximum absolute atomic E-state index is 10.9. The molecule has 0 fully saturated rings. The van der Waals surface area contributed by atoms with E-state index in [9.17, 15) is 26.3 Å². The maximum Gasteiger partial charge on any atom is 0.410 e. The van der Waals surface area contributed by atoms with E-state index in [2.05, 4.69) is 23.2 Å². The molecule has 0 aromatic rings. The van der Waals surface area contributed by atoms with Gasteiger partial charge in [-0.3, -0.25) is 0 Å². The fraction of sp³-hybridized carbons (Fsp3) is 0.333. The molecule has 84 valence electrons. The summed E-state index contributed by atoms with van der Waals surface area (Å²) in [5.74, 6) is 0. The molecule has 0 unspecified atom stereocenters. The van der Waals surface area contributed by atoms with Crippen molar-refractivity contribution in [2.24, 2.45) is 0 Å². The first-order chi connectivity index (χ1) is 6.12. The van der Waals surface area contributed by atoms with Gasteiger partial charge in [-0.1, -0.05) is 23.2 Å². The molecule has 0 N–H and O–H groups in total. The highest BCUT2D eigenvalue weighted by atomic mass is 35.5. The van der Waals surface area contributed by atoms with Crippen molar-refractivity contribution in [1.29, 1.82) is 0 Å². The van der Waals surface area contributed by atoms with Crippen LogP contribution in [0.2, 0.25) is 0 Å². The van der Waals surface area contributed by atoms with Gasteiger partial charge in [0, 0.05) is 23.2 Å². The summed E-state index contributed by atoms with van der Waals surface area (Å²) >= 11 is 9.17. The molecule has 0 aliphatic carbocycles. The highest BCUT2D eigenvalue weighted by molar-refractivity contribution is 6.25. The topological polar surface area (TPSA) is 0 Å². The molecular formula is C6H4Cl2F6. The Labute approximate surface area is 85.8 Å². The molecule has 0 saturated carbocycles. The minimum absolute atomic E-state index is 0.0471. The zero-order chi connectivity index (χ0) is 11.8. The number of hydrogen-bond acceptors (Lipinski definition) is 0. The average Bonchev–Trinajstić information content (AvgIpc) is 1.81. The fourth-order valence-electron chi connectivity index (χ4n) is 0.143. The van der Waals surface area contributed by atoms with Gasteiger partial charge in [-0.05, 0) is 0 Å². The van der Waals surface area contributed by atoms with Crippen molar-refractivity contribution in [1.82, 2.24) is 0 Å². The van der Waals surface area contributed by atoms with Crippen LogP contribution < -0.4 is 0 Å². The highest BCUT2D eigenvalue weighted by Gasteiger charge is 2.21. The lowest BCUT2D eigenvalue weighted by molar-refractivity contribution is -0.0806. The Balaban J connectivity index is 0. The van der Waals surface area contributed by atoms with Crippen LogP contribution in [0.5, 0.6) is 0 Å². The summed E-state index contributed by atoms with van der Waals surface area (Å²) in [6, 6.07) is 0. The van der Waals surface area contributed by atoms with Gasteiger partial charge in [-0.15, -0.1) is 0 Å². The quantitative estimate of drug-likeness (QED) is 0.559. The lowest BCUT2D eigenvalue weighted by Gasteiger charge is -1.92. The van der Waals surface area contributed by atoms with Gasteiger partial charge >= 0.3 is 12.4 Å². The third kappa shape index (κ3) is 22.6. The van der Waals surface area contributed by atoms with Gasteiger partial charge in [0.1, 0.15) is 0 Å². The smallest absolute Gasteiger partial charge is 0.167 e. The number of hydrogen-bond donors (Lipinski definition) is 0. The molecule has 0 radical (unpaired) electrons. The van der Waals surface area contributed by atoms with Gasteiger partial charge in [0.05, 0.1) is 0 Å². The van der Waals surface area contributed by atoms with E-state index in [1.54, 1.807) is 0 Å². The van der Waals surface area contributed by atoms with E-state index in [-0.39, 0.29) is 12.2 Å². The summed E-state index contributed by atoms with van der Waals surface area (Å²) in [7, 11) is 0. The molecular weight excluding hydrogens is 257 g/mol. The second-order valence-electron chi connectivity index (χ2n) is 1.67. The van der Waals surface area contributed by atoms with Crippen LogP contribution in [0.4, 0.5) is 26.3 Å². The molecule has 0 aliphatic heterocycles. The Kier molecular flexibility index (Phi) is 8.04. The number of allylic oxidation sites excluding steroid dienone is 2. The fourth-order valence-corrected chi connectivity index (χ4v) is 0.429. The highest BCUT2D eigenvalue weighted by Crippen LogP contribution is 2.16. The molecule has 0 aliphatic rings. The van der Waals surface area contributed by atoms with E-state index in [1.165, 1.54) is 0 Å². The van der Waals surface area contributed by atoms with Crippen LogP contribution in [0.3, 0.4) is 0 Å². The van der Waals surface area contributed by atoms with E-state index in [4.69, 9.17) is 0 Å². The summed E-state index contributed by atoms with van der Waals surface area (Å²) in [6.45, 7) is 0. The Morgan fingerprint density at radius 2 is 0.857 bits per heavy atom. The summed E-state index contributed by atoms with van der Waals surface area (Å²) in [6.07, 6.45) is -8.62. The second kappa shape index (κ2) is 7.00. The van der Waals surface area contributed by atoms with Crippen LogP contribution in [0, 0.1) is 0 Å². The first-order valence-corrected chi connectivity index (χ1v) is 3.69. The van der Waals surface area contributed by atoms with Crippen molar-refractivity contribution in [2.75, 3.05) is 0 Å². The zero-order valence-electron chi connectivity index (χ0n) is 6.33. The van der Waals surface area contributed by atoms with Crippen LogP contribution in [-0.2, 0) is 0 Å². The zero-order valence-corrected chi connectivity index (χ0v) is 7.84. The molecule has 0 atom stereocenters. The van der Waals surface area contributed by atoms with E-state index >= 15 is 0 Å². The van der Waals surface area contributed by atoms with E-state index in [0.717, 1.165) is 0 Å². The predicted octanol–water partition coefficient (Wildman–Crippen LogP) is 4.60. The van der Waals surface area contributed by atoms with Crippen molar-refractivity contribution in [3.05, 3.63) is 23.2 Å². The van der Waals surface area contributed by atoms with Crippen molar-refractivity contribution in [3.8, 4) is 0 Å². The molecule has 14 heavy (non-hydrogen) atoms. The van der Waals surface area contributed by atoms with Crippen LogP contribution in [0.15, 0.2) is 23.2 Å². The normalized spacial score (nSPS) is 13.1. The number of rotatable bonds is 0. The molecule has 0 aromatic carbocycles. The lowest BCUT2D eigenvalue weighted by atomic mass is 10.6. The molecule has 0 bridgehead atoms. The van der Waals surface area contributed by atoms with Gasteiger partial charge < -0.3 is 0 Å².